The molecule has 106 valence electrons. The van der Waals surface area contributed by atoms with E-state index in [9.17, 15) is 0 Å². The topological polar surface area (TPSA) is 61.2 Å². The van der Waals surface area contributed by atoms with Gasteiger partial charge in [0, 0.05) is 24.5 Å². The first-order valence-corrected chi connectivity index (χ1v) is 6.91. The van der Waals surface area contributed by atoms with Gasteiger partial charge in [0.1, 0.15) is 11.8 Å². The highest BCUT2D eigenvalue weighted by Gasteiger charge is 2.10. The van der Waals surface area contributed by atoms with Crippen molar-refractivity contribution >= 4 is 17.1 Å². The highest BCUT2D eigenvalue weighted by Crippen LogP contribution is 2.21. The molecule has 0 bridgehead atoms. The summed E-state index contributed by atoms with van der Waals surface area (Å²) in [6.45, 7) is 3.45. The monoisotopic (exact) mass is 280 g/mol. The number of morpholine rings is 1. The van der Waals surface area contributed by atoms with Crippen LogP contribution in [0.4, 0.5) is 17.1 Å². The van der Waals surface area contributed by atoms with Gasteiger partial charge in [-0.2, -0.15) is 5.26 Å². The standard InChI is InChI=1S/C16H16N4O/c17-11-14-1-2-15(12-18-14)19-13-3-5-16(6-4-13)20-7-9-21-10-8-20/h1-6,12,19H,7-10H2. The summed E-state index contributed by atoms with van der Waals surface area (Å²) in [5.74, 6) is 0. The number of nitrogens with zero attached hydrogens (tertiary/aromatic N) is 3. The number of benzene rings is 1. The van der Waals surface area contributed by atoms with Crippen molar-refractivity contribution in [2.75, 3.05) is 36.5 Å². The normalized spacial score (nSPS) is 14.5. The van der Waals surface area contributed by atoms with Crippen molar-refractivity contribution in [1.29, 1.82) is 5.26 Å². The Kier molecular flexibility index (Phi) is 3.99. The quantitative estimate of drug-likeness (QED) is 0.936. The molecule has 1 aromatic heterocycles. The van der Waals surface area contributed by atoms with E-state index in [1.165, 1.54) is 5.69 Å². The predicted octanol–water partition coefficient (Wildman–Crippen LogP) is 2.53. The third-order valence-electron chi connectivity index (χ3n) is 3.41. The molecule has 5 nitrogen and oxygen atoms in total. The van der Waals surface area contributed by atoms with Gasteiger partial charge >= 0.3 is 0 Å². The molecule has 0 atom stereocenters. The first-order chi connectivity index (χ1) is 10.3. The Morgan fingerprint density at radius 3 is 2.38 bits per heavy atom. The Bertz CT molecular complexity index is 625. The second kappa shape index (κ2) is 6.25. The summed E-state index contributed by atoms with van der Waals surface area (Å²) in [5, 5.41) is 12.0. The zero-order valence-corrected chi connectivity index (χ0v) is 11.6. The molecule has 0 aliphatic carbocycles. The van der Waals surface area contributed by atoms with Crippen molar-refractivity contribution in [2.45, 2.75) is 0 Å². The van der Waals surface area contributed by atoms with E-state index in [1.54, 1.807) is 12.3 Å². The van der Waals surface area contributed by atoms with Crippen LogP contribution in [0.25, 0.3) is 0 Å². The zero-order chi connectivity index (χ0) is 14.5. The molecule has 1 aromatic carbocycles. The van der Waals surface area contributed by atoms with E-state index in [1.807, 2.05) is 24.3 Å². The number of aromatic nitrogens is 1. The maximum atomic E-state index is 8.73. The Morgan fingerprint density at radius 2 is 1.76 bits per heavy atom. The van der Waals surface area contributed by atoms with Crippen LogP contribution in [0.5, 0.6) is 0 Å². The summed E-state index contributed by atoms with van der Waals surface area (Å²) in [5.41, 5.74) is 3.50. The van der Waals surface area contributed by atoms with Gasteiger partial charge in [0.05, 0.1) is 25.1 Å². The summed E-state index contributed by atoms with van der Waals surface area (Å²) < 4.78 is 5.36. The smallest absolute Gasteiger partial charge is 0.140 e. The van der Waals surface area contributed by atoms with Gasteiger partial charge in [-0.25, -0.2) is 4.98 Å². The van der Waals surface area contributed by atoms with Gasteiger partial charge in [0.15, 0.2) is 0 Å². The fraction of sp³-hybridized carbons (Fsp3) is 0.250. The van der Waals surface area contributed by atoms with Gasteiger partial charge in [0.2, 0.25) is 0 Å². The minimum atomic E-state index is 0.420. The van der Waals surface area contributed by atoms with Gasteiger partial charge < -0.3 is 15.0 Å². The second-order valence-corrected chi connectivity index (χ2v) is 4.82. The lowest BCUT2D eigenvalue weighted by Crippen LogP contribution is -2.36. The average molecular weight is 280 g/mol. The van der Waals surface area contributed by atoms with Crippen molar-refractivity contribution in [3.05, 3.63) is 48.3 Å². The summed E-state index contributed by atoms with van der Waals surface area (Å²) in [6.07, 6.45) is 1.66. The van der Waals surface area contributed by atoms with Gasteiger partial charge in [-0.1, -0.05) is 0 Å². The molecule has 1 fully saturated rings. The molecular weight excluding hydrogens is 264 g/mol. The SMILES string of the molecule is N#Cc1ccc(Nc2ccc(N3CCOCC3)cc2)cn1. The number of nitrogens with one attached hydrogen (secondary N) is 1. The molecule has 2 heterocycles. The third kappa shape index (κ3) is 3.30. The summed E-state index contributed by atoms with van der Waals surface area (Å²) in [4.78, 5) is 6.35. The van der Waals surface area contributed by atoms with Gasteiger partial charge in [-0.15, -0.1) is 0 Å². The molecule has 0 amide bonds. The van der Waals surface area contributed by atoms with Crippen molar-refractivity contribution in [3.8, 4) is 6.07 Å². The Hall–Kier alpha value is -2.58. The number of pyridine rings is 1. The van der Waals surface area contributed by atoms with Crippen LogP contribution in [0.3, 0.4) is 0 Å². The van der Waals surface area contributed by atoms with Crippen LogP contribution < -0.4 is 10.2 Å². The van der Waals surface area contributed by atoms with Crippen LogP contribution in [-0.4, -0.2) is 31.3 Å². The predicted molar refractivity (Wildman–Crippen MR) is 81.7 cm³/mol. The third-order valence-corrected chi connectivity index (χ3v) is 3.41. The van der Waals surface area contributed by atoms with Crippen LogP contribution >= 0.6 is 0 Å². The lowest BCUT2D eigenvalue weighted by molar-refractivity contribution is 0.122. The summed E-state index contributed by atoms with van der Waals surface area (Å²) >= 11 is 0. The highest BCUT2D eigenvalue weighted by atomic mass is 16.5. The van der Waals surface area contributed by atoms with Crippen LogP contribution in [0.15, 0.2) is 42.6 Å². The Balaban J connectivity index is 1.67. The Labute approximate surface area is 123 Å². The zero-order valence-electron chi connectivity index (χ0n) is 11.6. The molecule has 0 spiro atoms. The number of nitriles is 1. The lowest BCUT2D eigenvalue weighted by atomic mass is 10.2. The Morgan fingerprint density at radius 1 is 1.05 bits per heavy atom. The molecule has 5 heteroatoms. The summed E-state index contributed by atoms with van der Waals surface area (Å²) in [6, 6.07) is 13.8. The maximum Gasteiger partial charge on any atom is 0.140 e. The van der Waals surface area contributed by atoms with Gasteiger partial charge in [-0.05, 0) is 36.4 Å². The number of anilines is 3. The fourth-order valence-corrected chi connectivity index (χ4v) is 2.28. The molecule has 3 rings (SSSR count). The highest BCUT2D eigenvalue weighted by molar-refractivity contribution is 5.62. The fourth-order valence-electron chi connectivity index (χ4n) is 2.28. The van der Waals surface area contributed by atoms with Crippen molar-refractivity contribution in [2.24, 2.45) is 0 Å². The number of hydrogen-bond acceptors (Lipinski definition) is 5. The molecule has 1 N–H and O–H groups in total. The van der Waals surface area contributed by atoms with Crippen LogP contribution in [0.1, 0.15) is 5.69 Å². The first-order valence-electron chi connectivity index (χ1n) is 6.91. The van der Waals surface area contributed by atoms with Gasteiger partial charge in [0.25, 0.3) is 0 Å². The van der Waals surface area contributed by atoms with E-state index in [-0.39, 0.29) is 0 Å². The molecule has 2 aromatic rings. The number of hydrogen-bond donors (Lipinski definition) is 1. The average Bonchev–Trinajstić information content (AvgIpc) is 2.57. The van der Waals surface area contributed by atoms with Crippen LogP contribution in [0.2, 0.25) is 0 Å². The van der Waals surface area contributed by atoms with Crippen molar-refractivity contribution in [1.82, 2.24) is 4.98 Å². The molecule has 1 aliphatic rings. The van der Waals surface area contributed by atoms with E-state index in [0.717, 1.165) is 37.7 Å². The lowest BCUT2D eigenvalue weighted by Gasteiger charge is -2.28. The van der Waals surface area contributed by atoms with E-state index in [0.29, 0.717) is 5.69 Å². The minimum absolute atomic E-state index is 0.420. The van der Waals surface area contributed by atoms with Gasteiger partial charge in [-0.3, -0.25) is 0 Å². The van der Waals surface area contributed by atoms with Crippen LogP contribution in [0, 0.1) is 11.3 Å². The largest absolute Gasteiger partial charge is 0.378 e. The summed E-state index contributed by atoms with van der Waals surface area (Å²) in [7, 11) is 0. The molecule has 0 radical (unpaired) electrons. The van der Waals surface area contributed by atoms with E-state index >= 15 is 0 Å². The van der Waals surface area contributed by atoms with E-state index in [4.69, 9.17) is 10.00 Å². The van der Waals surface area contributed by atoms with E-state index < -0.39 is 0 Å². The van der Waals surface area contributed by atoms with Crippen molar-refractivity contribution < 1.29 is 4.74 Å². The number of ether oxygens (including phenoxy) is 1. The first kappa shape index (κ1) is 13.4. The van der Waals surface area contributed by atoms with E-state index in [2.05, 4.69) is 27.3 Å². The molecule has 1 aliphatic heterocycles. The molecule has 21 heavy (non-hydrogen) atoms. The minimum Gasteiger partial charge on any atom is -0.378 e. The molecule has 1 saturated heterocycles. The molecule has 0 saturated carbocycles. The maximum absolute atomic E-state index is 8.73. The second-order valence-electron chi connectivity index (χ2n) is 4.82. The number of rotatable bonds is 3. The van der Waals surface area contributed by atoms with Crippen LogP contribution in [-0.2, 0) is 4.74 Å². The van der Waals surface area contributed by atoms with Crippen molar-refractivity contribution in [3.63, 3.8) is 0 Å². The molecular formula is C16H16N4O. The molecule has 0 unspecified atom stereocenters.